The van der Waals surface area contributed by atoms with Gasteiger partial charge < -0.3 is 24.2 Å². The highest BCUT2D eigenvalue weighted by atomic mass is 16.5. The Hall–Kier alpha value is -4.56. The van der Waals surface area contributed by atoms with Crippen LogP contribution in [0.4, 0.5) is 0 Å². The molecule has 5 aromatic rings. The fourth-order valence-corrected chi connectivity index (χ4v) is 4.83. The minimum atomic E-state index is -0.270. The van der Waals surface area contributed by atoms with E-state index in [1.165, 1.54) is 17.2 Å². The minimum Gasteiger partial charge on any atom is -0.497 e. The molecule has 2 heterocycles. The van der Waals surface area contributed by atoms with E-state index in [1.807, 2.05) is 61.5 Å². The summed E-state index contributed by atoms with van der Waals surface area (Å²) in [5.74, 6) is 1.69. The molecule has 0 unspecified atom stereocenters. The molecule has 5 rings (SSSR count). The van der Waals surface area contributed by atoms with Crippen molar-refractivity contribution in [3.8, 4) is 11.5 Å². The van der Waals surface area contributed by atoms with E-state index in [9.17, 15) is 4.79 Å². The second-order valence-electron chi connectivity index (χ2n) is 9.73. The van der Waals surface area contributed by atoms with E-state index in [4.69, 9.17) is 13.9 Å². The number of carbonyl (C=O) groups is 1. The van der Waals surface area contributed by atoms with Crippen molar-refractivity contribution in [2.24, 2.45) is 0 Å². The van der Waals surface area contributed by atoms with Crippen LogP contribution < -0.4 is 14.8 Å². The van der Waals surface area contributed by atoms with E-state index < -0.39 is 0 Å². The van der Waals surface area contributed by atoms with Gasteiger partial charge in [-0.15, -0.1) is 0 Å². The number of para-hydroxylation sites is 1. The van der Waals surface area contributed by atoms with Gasteiger partial charge in [0.15, 0.2) is 5.69 Å². The first-order valence-corrected chi connectivity index (χ1v) is 13.3. The highest BCUT2D eigenvalue weighted by Gasteiger charge is 2.19. The van der Waals surface area contributed by atoms with E-state index in [1.54, 1.807) is 14.2 Å². The summed E-state index contributed by atoms with van der Waals surface area (Å²) in [4.78, 5) is 23.0. The third kappa shape index (κ3) is 6.35. The largest absolute Gasteiger partial charge is 0.497 e. The molecule has 1 atom stereocenters. The van der Waals surface area contributed by atoms with Crippen molar-refractivity contribution in [3.63, 3.8) is 0 Å². The van der Waals surface area contributed by atoms with Crippen molar-refractivity contribution in [2.45, 2.75) is 32.5 Å². The molecular weight excluding hydrogens is 504 g/mol. The van der Waals surface area contributed by atoms with Crippen LogP contribution in [0.2, 0.25) is 0 Å². The summed E-state index contributed by atoms with van der Waals surface area (Å²) >= 11 is 0. The normalized spacial score (nSPS) is 12.0. The number of nitrogens with zero attached hydrogens (tertiary/aromatic N) is 2. The second-order valence-corrected chi connectivity index (χ2v) is 9.73. The van der Waals surface area contributed by atoms with E-state index in [-0.39, 0.29) is 17.6 Å². The highest BCUT2D eigenvalue weighted by Crippen LogP contribution is 2.27. The van der Waals surface area contributed by atoms with E-state index in [2.05, 4.69) is 44.6 Å². The van der Waals surface area contributed by atoms with Crippen LogP contribution in [0.15, 0.2) is 89.7 Å². The Morgan fingerprint density at radius 2 is 1.80 bits per heavy atom. The Kier molecular flexibility index (Phi) is 8.47. The van der Waals surface area contributed by atoms with Crippen molar-refractivity contribution >= 4 is 16.8 Å². The van der Waals surface area contributed by atoms with Gasteiger partial charge in [-0.3, -0.25) is 9.69 Å². The topological polar surface area (TPSA) is 92.6 Å². The molecule has 0 spiro atoms. The summed E-state index contributed by atoms with van der Waals surface area (Å²) in [5, 5.41) is 4.21. The molecule has 2 N–H and O–H groups in total. The zero-order chi connectivity index (χ0) is 27.9. The molecule has 0 aliphatic carbocycles. The molecule has 0 aliphatic heterocycles. The molecule has 8 nitrogen and oxygen atoms in total. The first-order chi connectivity index (χ1) is 19.5. The number of hydrogen-bond donors (Lipinski definition) is 2. The van der Waals surface area contributed by atoms with E-state index in [0.717, 1.165) is 41.1 Å². The van der Waals surface area contributed by atoms with Gasteiger partial charge in [0.1, 0.15) is 17.8 Å². The third-order valence-corrected chi connectivity index (χ3v) is 7.05. The van der Waals surface area contributed by atoms with Crippen LogP contribution in [-0.4, -0.2) is 41.5 Å². The van der Waals surface area contributed by atoms with Gasteiger partial charge in [-0.2, -0.15) is 0 Å². The fraction of sp³-hybridized carbons (Fsp3) is 0.250. The number of nitrogens with one attached hydrogen (secondary N) is 2. The Morgan fingerprint density at radius 3 is 2.60 bits per heavy atom. The molecule has 0 aliphatic rings. The number of benzene rings is 3. The number of rotatable bonds is 12. The van der Waals surface area contributed by atoms with Crippen LogP contribution in [-0.2, 0) is 19.5 Å². The number of aromatic nitrogens is 2. The number of methoxy groups -OCH3 is 2. The number of aromatic amines is 1. The number of fused-ring (bicyclic) bond motifs is 1. The molecule has 40 heavy (non-hydrogen) atoms. The van der Waals surface area contributed by atoms with Crippen LogP contribution in [0.25, 0.3) is 10.9 Å². The van der Waals surface area contributed by atoms with Crippen LogP contribution in [0.3, 0.4) is 0 Å². The van der Waals surface area contributed by atoms with Gasteiger partial charge in [-0.1, -0.05) is 54.6 Å². The summed E-state index contributed by atoms with van der Waals surface area (Å²) in [6, 6.07) is 23.8. The number of ether oxygens (including phenoxy) is 2. The Bertz CT molecular complexity index is 1560. The average molecular weight is 539 g/mol. The van der Waals surface area contributed by atoms with Gasteiger partial charge in [0.05, 0.1) is 26.8 Å². The van der Waals surface area contributed by atoms with Gasteiger partial charge >= 0.3 is 0 Å². The summed E-state index contributed by atoms with van der Waals surface area (Å²) in [7, 11) is 3.29. The van der Waals surface area contributed by atoms with Gasteiger partial charge in [0, 0.05) is 41.8 Å². The molecule has 8 heteroatoms. The van der Waals surface area contributed by atoms with Gasteiger partial charge in [-0.05, 0) is 36.6 Å². The number of oxazole rings is 1. The lowest BCUT2D eigenvalue weighted by Gasteiger charge is -2.22. The van der Waals surface area contributed by atoms with Crippen molar-refractivity contribution in [1.82, 2.24) is 20.2 Å². The van der Waals surface area contributed by atoms with Crippen molar-refractivity contribution in [1.29, 1.82) is 0 Å². The first-order valence-electron chi connectivity index (χ1n) is 13.3. The molecule has 0 saturated heterocycles. The number of H-pyrrole nitrogens is 1. The monoisotopic (exact) mass is 538 g/mol. The van der Waals surface area contributed by atoms with Crippen molar-refractivity contribution < 1.29 is 18.7 Å². The molecule has 206 valence electrons. The maximum absolute atomic E-state index is 12.9. The zero-order valence-electron chi connectivity index (χ0n) is 23.0. The third-order valence-electron chi connectivity index (χ3n) is 7.05. The lowest BCUT2D eigenvalue weighted by Crippen LogP contribution is -2.27. The standard InChI is InChI=1S/C32H34N4O4/c1-22(23-9-5-4-6-10-23)34-32(37)29-21-40-31(35-29)20-36(19-25-13-14-26(38-2)17-30(25)39-3)16-15-24-18-33-28-12-8-7-11-27(24)28/h4-14,17-18,21-22,33H,15-16,19-20H2,1-3H3,(H,34,37)/t22-/m1/s1. The van der Waals surface area contributed by atoms with Crippen LogP contribution in [0, 0.1) is 0 Å². The van der Waals surface area contributed by atoms with E-state index >= 15 is 0 Å². The minimum absolute atomic E-state index is 0.149. The number of amides is 1. The number of carbonyl (C=O) groups excluding carboxylic acids is 1. The SMILES string of the molecule is COc1ccc(CN(CCc2c[nH]c3ccccc23)Cc2nc(C(=O)N[C@H](C)c3ccccc3)co2)c(OC)c1. The second kappa shape index (κ2) is 12.5. The quantitative estimate of drug-likeness (QED) is 0.205. The maximum Gasteiger partial charge on any atom is 0.273 e. The van der Waals surface area contributed by atoms with E-state index in [0.29, 0.717) is 19.0 Å². The Morgan fingerprint density at radius 1 is 1.00 bits per heavy atom. The smallest absolute Gasteiger partial charge is 0.273 e. The summed E-state index contributed by atoms with van der Waals surface area (Å²) in [6.07, 6.45) is 4.32. The maximum atomic E-state index is 12.9. The van der Waals surface area contributed by atoms with Crippen LogP contribution >= 0.6 is 0 Å². The summed E-state index contributed by atoms with van der Waals surface area (Å²) in [5.41, 5.74) is 4.66. The first kappa shape index (κ1) is 27.0. The predicted molar refractivity (Wildman–Crippen MR) is 154 cm³/mol. The molecular formula is C32H34N4O4. The molecule has 0 fully saturated rings. The van der Waals surface area contributed by atoms with Crippen molar-refractivity contribution in [2.75, 3.05) is 20.8 Å². The van der Waals surface area contributed by atoms with Gasteiger partial charge in [0.25, 0.3) is 5.91 Å². The molecule has 3 aromatic carbocycles. The van der Waals surface area contributed by atoms with Crippen LogP contribution in [0.5, 0.6) is 11.5 Å². The fourth-order valence-electron chi connectivity index (χ4n) is 4.83. The predicted octanol–water partition coefficient (Wildman–Crippen LogP) is 5.91. The summed E-state index contributed by atoms with van der Waals surface area (Å²) in [6.45, 7) is 3.72. The highest BCUT2D eigenvalue weighted by molar-refractivity contribution is 5.92. The van der Waals surface area contributed by atoms with Gasteiger partial charge in [0.2, 0.25) is 5.89 Å². The molecule has 0 saturated carbocycles. The molecule has 2 aromatic heterocycles. The summed E-state index contributed by atoms with van der Waals surface area (Å²) < 4.78 is 16.8. The number of hydrogen-bond acceptors (Lipinski definition) is 6. The molecule has 0 radical (unpaired) electrons. The lowest BCUT2D eigenvalue weighted by atomic mass is 10.1. The lowest BCUT2D eigenvalue weighted by molar-refractivity contribution is 0.0934. The molecule has 1 amide bonds. The zero-order valence-corrected chi connectivity index (χ0v) is 23.0. The molecule has 0 bridgehead atoms. The Balaban J connectivity index is 1.32. The van der Waals surface area contributed by atoms with Crippen molar-refractivity contribution in [3.05, 3.63) is 114 Å². The Labute approximate surface area is 233 Å². The average Bonchev–Trinajstić information content (AvgIpc) is 3.64. The van der Waals surface area contributed by atoms with Gasteiger partial charge in [-0.25, -0.2) is 4.98 Å². The van der Waals surface area contributed by atoms with Crippen LogP contribution in [0.1, 0.15) is 46.0 Å².